The zero-order valence-corrected chi connectivity index (χ0v) is 15.9. The Morgan fingerprint density at radius 2 is 1.85 bits per heavy atom. The van der Waals surface area contributed by atoms with Gasteiger partial charge in [-0.25, -0.2) is 9.37 Å². The fraction of sp³-hybridized carbons (Fsp3) is 0.450. The average Bonchev–Trinajstić information content (AvgIpc) is 3.13. The van der Waals surface area contributed by atoms with E-state index >= 15 is 0 Å². The van der Waals surface area contributed by atoms with Crippen LogP contribution >= 0.6 is 0 Å². The van der Waals surface area contributed by atoms with E-state index in [4.69, 9.17) is 4.52 Å². The molecule has 3 rings (SSSR count). The molecule has 0 saturated carbocycles. The van der Waals surface area contributed by atoms with E-state index in [2.05, 4.69) is 39.2 Å². The summed E-state index contributed by atoms with van der Waals surface area (Å²) in [6, 6.07) is 6.16. The van der Waals surface area contributed by atoms with Crippen LogP contribution in [0.15, 0.2) is 35.1 Å². The lowest BCUT2D eigenvalue weighted by Gasteiger charge is -2.20. The third-order valence-corrected chi connectivity index (χ3v) is 4.61. The summed E-state index contributed by atoms with van der Waals surface area (Å²) < 4.78 is 18.6. The van der Waals surface area contributed by atoms with Crippen LogP contribution in [0.2, 0.25) is 0 Å². The summed E-state index contributed by atoms with van der Waals surface area (Å²) in [5.74, 6) is 0.405. The smallest absolute Gasteiger partial charge is 0.263 e. The quantitative estimate of drug-likeness (QED) is 0.535. The van der Waals surface area contributed by atoms with E-state index in [0.717, 1.165) is 43.5 Å². The predicted octanol–water partition coefficient (Wildman–Crippen LogP) is 4.35. The molecule has 0 bridgehead atoms. The molecule has 2 heterocycles. The molecule has 0 fully saturated rings. The minimum absolute atomic E-state index is 0.287. The first kappa shape index (κ1) is 19.2. The Labute approximate surface area is 158 Å². The molecule has 3 aromatic rings. The summed E-state index contributed by atoms with van der Waals surface area (Å²) in [5.41, 5.74) is 1.81. The molecule has 0 aliphatic rings. The monoisotopic (exact) mass is 371 g/mol. The highest BCUT2D eigenvalue weighted by Gasteiger charge is 2.16. The number of unbranched alkanes of at least 4 members (excludes halogenated alkanes) is 1. The summed E-state index contributed by atoms with van der Waals surface area (Å²) in [7, 11) is 0. The third-order valence-electron chi connectivity index (χ3n) is 4.61. The van der Waals surface area contributed by atoms with E-state index < -0.39 is 0 Å². The lowest BCUT2D eigenvalue weighted by molar-refractivity contribution is 0.282. The largest absolute Gasteiger partial charge is 0.369 e. The number of hydrogen-bond donors (Lipinski definition) is 1. The number of benzene rings is 1. The van der Waals surface area contributed by atoms with Crippen LogP contribution < -0.4 is 5.32 Å². The highest BCUT2D eigenvalue weighted by Crippen LogP contribution is 2.31. The predicted molar refractivity (Wildman–Crippen MR) is 105 cm³/mol. The Morgan fingerprint density at radius 1 is 1.07 bits per heavy atom. The number of nitrogens with one attached hydrogen (secondary N) is 1. The average molecular weight is 371 g/mol. The summed E-state index contributed by atoms with van der Waals surface area (Å²) in [4.78, 5) is 11.0. The minimum Gasteiger partial charge on any atom is -0.369 e. The van der Waals surface area contributed by atoms with Crippen LogP contribution in [-0.4, -0.2) is 46.2 Å². The Hall–Kier alpha value is -2.54. The van der Waals surface area contributed by atoms with Gasteiger partial charge in [-0.1, -0.05) is 25.4 Å². The van der Waals surface area contributed by atoms with Crippen molar-refractivity contribution in [2.45, 2.75) is 33.1 Å². The minimum atomic E-state index is -0.287. The van der Waals surface area contributed by atoms with Crippen molar-refractivity contribution in [3.8, 4) is 11.3 Å². The van der Waals surface area contributed by atoms with Gasteiger partial charge >= 0.3 is 0 Å². The lowest BCUT2D eigenvalue weighted by atomic mass is 10.1. The molecule has 0 amide bonds. The van der Waals surface area contributed by atoms with E-state index in [9.17, 15) is 4.39 Å². The molecule has 0 aliphatic heterocycles. The molecule has 1 N–H and O–H groups in total. The van der Waals surface area contributed by atoms with E-state index in [1.54, 1.807) is 12.1 Å². The van der Waals surface area contributed by atoms with Crippen molar-refractivity contribution in [3.05, 3.63) is 36.4 Å². The van der Waals surface area contributed by atoms with Gasteiger partial charge in [0.05, 0.1) is 0 Å². The molecule has 0 atom stereocenters. The zero-order valence-electron chi connectivity index (χ0n) is 15.9. The maximum atomic E-state index is 13.2. The molecule has 2 aromatic heterocycles. The van der Waals surface area contributed by atoms with Crippen molar-refractivity contribution in [2.75, 3.05) is 31.5 Å². The Morgan fingerprint density at radius 3 is 2.59 bits per heavy atom. The first-order chi connectivity index (χ1) is 13.2. The van der Waals surface area contributed by atoms with E-state index in [-0.39, 0.29) is 5.82 Å². The van der Waals surface area contributed by atoms with Crippen molar-refractivity contribution in [3.63, 3.8) is 0 Å². The van der Waals surface area contributed by atoms with Crippen LogP contribution in [-0.2, 0) is 0 Å². The number of nitrogens with zero attached hydrogens (tertiary/aromatic N) is 4. The third kappa shape index (κ3) is 4.80. The molecule has 0 saturated heterocycles. The van der Waals surface area contributed by atoms with Crippen molar-refractivity contribution in [1.82, 2.24) is 20.0 Å². The molecular formula is C20H26FN5O. The van der Waals surface area contributed by atoms with Crippen molar-refractivity contribution in [1.29, 1.82) is 0 Å². The van der Waals surface area contributed by atoms with Gasteiger partial charge in [0.1, 0.15) is 29.0 Å². The Balaban J connectivity index is 1.70. The van der Waals surface area contributed by atoms with Gasteiger partial charge in [-0.05, 0) is 56.7 Å². The molecular weight excluding hydrogens is 345 g/mol. The summed E-state index contributed by atoms with van der Waals surface area (Å²) in [6.45, 7) is 8.47. The number of rotatable bonds is 10. The second-order valence-corrected chi connectivity index (χ2v) is 6.51. The molecule has 1 aromatic carbocycles. The maximum Gasteiger partial charge on any atom is 0.263 e. The number of aromatic nitrogens is 3. The number of hydrogen-bond acceptors (Lipinski definition) is 6. The highest BCUT2D eigenvalue weighted by molar-refractivity contribution is 5.97. The van der Waals surface area contributed by atoms with Gasteiger partial charge in [0, 0.05) is 12.1 Å². The maximum absolute atomic E-state index is 13.2. The molecule has 0 radical (unpaired) electrons. The van der Waals surface area contributed by atoms with Gasteiger partial charge in [0.25, 0.3) is 5.71 Å². The lowest BCUT2D eigenvalue weighted by Crippen LogP contribution is -2.27. The second-order valence-electron chi connectivity index (χ2n) is 6.51. The SMILES string of the molecule is CCCCN(CC)CCCNc1ncnc2onc(-c3ccc(F)cc3)c12. The van der Waals surface area contributed by atoms with Gasteiger partial charge in [-0.15, -0.1) is 0 Å². The Kier molecular flexibility index (Phi) is 6.70. The molecule has 27 heavy (non-hydrogen) atoms. The first-order valence-corrected chi connectivity index (χ1v) is 9.55. The first-order valence-electron chi connectivity index (χ1n) is 9.55. The summed E-state index contributed by atoms with van der Waals surface area (Å²) >= 11 is 0. The van der Waals surface area contributed by atoms with E-state index in [1.165, 1.54) is 31.3 Å². The van der Waals surface area contributed by atoms with Crippen LogP contribution in [0, 0.1) is 5.82 Å². The van der Waals surface area contributed by atoms with Gasteiger partial charge in [0.2, 0.25) is 0 Å². The van der Waals surface area contributed by atoms with Crippen molar-refractivity contribution in [2.24, 2.45) is 0 Å². The summed E-state index contributed by atoms with van der Waals surface area (Å²) in [5, 5.41) is 8.21. The molecule has 144 valence electrons. The molecule has 0 aliphatic carbocycles. The van der Waals surface area contributed by atoms with Gasteiger partial charge in [0.15, 0.2) is 0 Å². The van der Waals surface area contributed by atoms with Crippen molar-refractivity contribution >= 4 is 16.9 Å². The number of halogens is 1. The number of anilines is 1. The van der Waals surface area contributed by atoms with Crippen LogP contribution in [0.25, 0.3) is 22.4 Å². The van der Waals surface area contributed by atoms with Crippen LogP contribution in [0.1, 0.15) is 33.1 Å². The molecule has 0 spiro atoms. The highest BCUT2D eigenvalue weighted by atomic mass is 19.1. The second kappa shape index (κ2) is 9.41. The standard InChI is InChI=1S/C20H26FN5O/c1-3-5-12-26(4-2)13-6-11-22-19-17-18(15-7-9-16(21)10-8-15)25-27-20(17)24-14-23-19/h7-10,14H,3-6,11-13H2,1-2H3,(H,22,23,24). The van der Waals surface area contributed by atoms with Crippen LogP contribution in [0.4, 0.5) is 10.2 Å². The van der Waals surface area contributed by atoms with Crippen LogP contribution in [0.3, 0.4) is 0 Å². The Bertz CT molecular complexity index is 849. The normalized spacial score (nSPS) is 11.4. The molecule has 7 heteroatoms. The van der Waals surface area contributed by atoms with Gasteiger partial charge in [-0.2, -0.15) is 4.98 Å². The van der Waals surface area contributed by atoms with Crippen molar-refractivity contribution < 1.29 is 8.91 Å². The van der Waals surface area contributed by atoms with Gasteiger partial charge < -0.3 is 14.7 Å². The zero-order chi connectivity index (χ0) is 19.1. The summed E-state index contributed by atoms with van der Waals surface area (Å²) in [6.07, 6.45) is 4.92. The fourth-order valence-corrected chi connectivity index (χ4v) is 3.04. The molecule has 6 nitrogen and oxygen atoms in total. The van der Waals surface area contributed by atoms with Gasteiger partial charge in [-0.3, -0.25) is 0 Å². The topological polar surface area (TPSA) is 67.1 Å². The van der Waals surface area contributed by atoms with E-state index in [1.807, 2.05) is 0 Å². The fourth-order valence-electron chi connectivity index (χ4n) is 3.04. The molecule has 0 unspecified atom stereocenters. The van der Waals surface area contributed by atoms with E-state index in [0.29, 0.717) is 17.2 Å². The van der Waals surface area contributed by atoms with Crippen LogP contribution in [0.5, 0.6) is 0 Å². The number of fused-ring (bicyclic) bond motifs is 1.